The van der Waals surface area contributed by atoms with E-state index in [1.807, 2.05) is 37.3 Å². The molecule has 21 heavy (non-hydrogen) atoms. The maximum Gasteiger partial charge on any atom is 0.274 e. The molecule has 0 atom stereocenters. The molecule has 0 fully saturated rings. The smallest absolute Gasteiger partial charge is 0.274 e. The van der Waals surface area contributed by atoms with Gasteiger partial charge in [0.05, 0.1) is 0 Å². The van der Waals surface area contributed by atoms with Gasteiger partial charge in [0, 0.05) is 23.1 Å². The van der Waals surface area contributed by atoms with Crippen LogP contribution >= 0.6 is 0 Å². The number of nitrogens with one attached hydrogen (secondary N) is 2. The molecule has 2 rings (SSSR count). The number of para-hydroxylation sites is 1. The van der Waals surface area contributed by atoms with Crippen LogP contribution in [0.3, 0.4) is 0 Å². The van der Waals surface area contributed by atoms with E-state index in [1.165, 1.54) is 0 Å². The molecule has 1 aromatic carbocycles. The first-order chi connectivity index (χ1) is 9.85. The van der Waals surface area contributed by atoms with Crippen LogP contribution in [0.4, 0.5) is 11.4 Å². The number of benzene rings is 1. The Morgan fingerprint density at radius 3 is 2.52 bits per heavy atom. The number of amides is 1. The van der Waals surface area contributed by atoms with Crippen molar-refractivity contribution in [2.75, 3.05) is 10.6 Å². The summed E-state index contributed by atoms with van der Waals surface area (Å²) in [7, 11) is 0. The third kappa shape index (κ3) is 4.31. The highest BCUT2D eigenvalue weighted by Gasteiger charge is 2.13. The lowest BCUT2D eigenvalue weighted by molar-refractivity contribution is 0.102. The van der Waals surface area contributed by atoms with Crippen LogP contribution in [0, 0.1) is 6.92 Å². The Labute approximate surface area is 125 Å². The van der Waals surface area contributed by atoms with Gasteiger partial charge < -0.3 is 10.6 Å². The molecule has 4 heteroatoms. The van der Waals surface area contributed by atoms with E-state index in [4.69, 9.17) is 0 Å². The number of aromatic nitrogens is 1. The highest BCUT2D eigenvalue weighted by molar-refractivity contribution is 6.03. The molecule has 1 heterocycles. The van der Waals surface area contributed by atoms with Crippen LogP contribution in [-0.2, 0) is 0 Å². The number of anilines is 2. The van der Waals surface area contributed by atoms with E-state index in [0.717, 1.165) is 16.9 Å². The molecule has 110 valence electrons. The lowest BCUT2D eigenvalue weighted by Gasteiger charge is -2.22. The van der Waals surface area contributed by atoms with Crippen molar-refractivity contribution in [3.05, 3.63) is 53.9 Å². The first-order valence-electron chi connectivity index (χ1n) is 6.96. The zero-order chi connectivity index (χ0) is 15.5. The molecule has 0 unspecified atom stereocenters. The third-order valence-electron chi connectivity index (χ3n) is 2.91. The van der Waals surface area contributed by atoms with Crippen molar-refractivity contribution in [2.24, 2.45) is 0 Å². The second kappa shape index (κ2) is 5.95. The Morgan fingerprint density at radius 1 is 1.14 bits per heavy atom. The second-order valence-corrected chi connectivity index (χ2v) is 6.07. The topological polar surface area (TPSA) is 54.0 Å². The van der Waals surface area contributed by atoms with E-state index in [0.29, 0.717) is 5.69 Å². The zero-order valence-electron chi connectivity index (χ0n) is 12.9. The summed E-state index contributed by atoms with van der Waals surface area (Å²) < 4.78 is 0. The van der Waals surface area contributed by atoms with Gasteiger partial charge in [-0.15, -0.1) is 0 Å². The van der Waals surface area contributed by atoms with Gasteiger partial charge in [-0.05, 0) is 51.5 Å². The monoisotopic (exact) mass is 283 g/mol. The van der Waals surface area contributed by atoms with Gasteiger partial charge >= 0.3 is 0 Å². The SMILES string of the molecule is Cc1ccccc1NC(=O)c1cc(NC(C)(C)C)ccn1. The summed E-state index contributed by atoms with van der Waals surface area (Å²) in [5.74, 6) is -0.207. The summed E-state index contributed by atoms with van der Waals surface area (Å²) in [5.41, 5.74) is 3.04. The number of carbonyl (C=O) groups excluding carboxylic acids is 1. The summed E-state index contributed by atoms with van der Waals surface area (Å²) in [6.07, 6.45) is 1.64. The zero-order valence-corrected chi connectivity index (χ0v) is 12.9. The minimum Gasteiger partial charge on any atom is -0.380 e. The average Bonchev–Trinajstić information content (AvgIpc) is 2.39. The first-order valence-corrected chi connectivity index (χ1v) is 6.96. The molecule has 0 bridgehead atoms. The predicted molar refractivity (Wildman–Crippen MR) is 86.7 cm³/mol. The van der Waals surface area contributed by atoms with E-state index >= 15 is 0 Å². The van der Waals surface area contributed by atoms with Crippen LogP contribution in [0.25, 0.3) is 0 Å². The molecule has 0 saturated heterocycles. The molecular formula is C17H21N3O. The fraction of sp³-hybridized carbons (Fsp3) is 0.294. The predicted octanol–water partition coefficient (Wildman–Crippen LogP) is 3.85. The lowest BCUT2D eigenvalue weighted by atomic mass is 10.1. The molecule has 4 nitrogen and oxygen atoms in total. The minimum atomic E-state index is -0.207. The van der Waals surface area contributed by atoms with E-state index in [1.54, 1.807) is 12.3 Å². The minimum absolute atomic E-state index is 0.0644. The van der Waals surface area contributed by atoms with Crippen molar-refractivity contribution in [1.82, 2.24) is 4.98 Å². The van der Waals surface area contributed by atoms with Crippen molar-refractivity contribution in [1.29, 1.82) is 0 Å². The Kier molecular flexibility index (Phi) is 4.26. The van der Waals surface area contributed by atoms with Crippen molar-refractivity contribution in [3.63, 3.8) is 0 Å². The quantitative estimate of drug-likeness (QED) is 0.899. The van der Waals surface area contributed by atoms with E-state index in [9.17, 15) is 4.79 Å². The highest BCUT2D eigenvalue weighted by atomic mass is 16.1. The maximum atomic E-state index is 12.3. The van der Waals surface area contributed by atoms with E-state index < -0.39 is 0 Å². The van der Waals surface area contributed by atoms with Gasteiger partial charge in [0.2, 0.25) is 0 Å². The molecule has 2 N–H and O–H groups in total. The van der Waals surface area contributed by atoms with Crippen LogP contribution in [-0.4, -0.2) is 16.4 Å². The fourth-order valence-electron chi connectivity index (χ4n) is 1.96. The van der Waals surface area contributed by atoms with Crippen LogP contribution in [0.5, 0.6) is 0 Å². The normalized spacial score (nSPS) is 11.0. The molecule has 2 aromatic rings. The maximum absolute atomic E-state index is 12.3. The van der Waals surface area contributed by atoms with E-state index in [2.05, 4.69) is 36.4 Å². The molecule has 0 aliphatic carbocycles. The first kappa shape index (κ1) is 15.0. The Morgan fingerprint density at radius 2 is 1.86 bits per heavy atom. The van der Waals surface area contributed by atoms with Crippen molar-refractivity contribution < 1.29 is 4.79 Å². The number of hydrogen-bond donors (Lipinski definition) is 2. The van der Waals surface area contributed by atoms with Crippen molar-refractivity contribution in [2.45, 2.75) is 33.2 Å². The lowest BCUT2D eigenvalue weighted by Crippen LogP contribution is -2.26. The Balaban J connectivity index is 2.16. The number of hydrogen-bond acceptors (Lipinski definition) is 3. The van der Waals surface area contributed by atoms with Crippen molar-refractivity contribution in [3.8, 4) is 0 Å². The van der Waals surface area contributed by atoms with Gasteiger partial charge in [-0.2, -0.15) is 0 Å². The van der Waals surface area contributed by atoms with Gasteiger partial charge in [-0.3, -0.25) is 9.78 Å². The van der Waals surface area contributed by atoms with Gasteiger partial charge in [0.25, 0.3) is 5.91 Å². The van der Waals surface area contributed by atoms with Crippen LogP contribution in [0.1, 0.15) is 36.8 Å². The summed E-state index contributed by atoms with van der Waals surface area (Å²) in [6, 6.07) is 11.3. The largest absolute Gasteiger partial charge is 0.380 e. The molecular weight excluding hydrogens is 262 g/mol. The van der Waals surface area contributed by atoms with Gasteiger partial charge in [0.15, 0.2) is 0 Å². The molecule has 0 radical (unpaired) electrons. The summed E-state index contributed by atoms with van der Waals surface area (Å²) in [5, 5.41) is 6.22. The molecule has 1 aromatic heterocycles. The molecule has 0 spiro atoms. The standard InChI is InChI=1S/C17H21N3O/c1-12-7-5-6-8-14(12)19-16(21)15-11-13(9-10-18-15)20-17(2,3)4/h5-11H,1-4H3,(H,18,20)(H,19,21). The van der Waals surface area contributed by atoms with Gasteiger partial charge in [-0.25, -0.2) is 0 Å². The van der Waals surface area contributed by atoms with E-state index in [-0.39, 0.29) is 11.4 Å². The Bertz CT molecular complexity index is 644. The number of rotatable bonds is 3. The van der Waals surface area contributed by atoms with Crippen molar-refractivity contribution >= 4 is 17.3 Å². The molecule has 1 amide bonds. The van der Waals surface area contributed by atoms with Gasteiger partial charge in [0.1, 0.15) is 5.69 Å². The molecule has 0 saturated carbocycles. The van der Waals surface area contributed by atoms with Crippen LogP contribution in [0.15, 0.2) is 42.6 Å². The average molecular weight is 283 g/mol. The third-order valence-corrected chi connectivity index (χ3v) is 2.91. The summed E-state index contributed by atoms with van der Waals surface area (Å²) >= 11 is 0. The number of nitrogens with zero attached hydrogens (tertiary/aromatic N) is 1. The Hall–Kier alpha value is -2.36. The number of pyridine rings is 1. The van der Waals surface area contributed by atoms with Crippen LogP contribution in [0.2, 0.25) is 0 Å². The molecule has 0 aliphatic rings. The summed E-state index contributed by atoms with van der Waals surface area (Å²) in [6.45, 7) is 8.17. The summed E-state index contributed by atoms with van der Waals surface area (Å²) in [4.78, 5) is 16.4. The highest BCUT2D eigenvalue weighted by Crippen LogP contribution is 2.17. The number of aryl methyl sites for hydroxylation is 1. The van der Waals surface area contributed by atoms with Gasteiger partial charge in [-0.1, -0.05) is 18.2 Å². The fourth-order valence-corrected chi connectivity index (χ4v) is 1.96. The molecule has 0 aliphatic heterocycles. The number of carbonyl (C=O) groups is 1. The van der Waals surface area contributed by atoms with Crippen LogP contribution < -0.4 is 10.6 Å². The second-order valence-electron chi connectivity index (χ2n) is 6.07.